The van der Waals surface area contributed by atoms with Gasteiger partial charge in [-0.15, -0.1) is 10.2 Å². The van der Waals surface area contributed by atoms with Gasteiger partial charge in [0.2, 0.25) is 0 Å². The normalized spacial score (nSPS) is 16.4. The highest BCUT2D eigenvalue weighted by Gasteiger charge is 2.27. The van der Waals surface area contributed by atoms with E-state index in [1.165, 1.54) is 18.9 Å². The van der Waals surface area contributed by atoms with Crippen LogP contribution in [0.15, 0.2) is 29.4 Å². The lowest BCUT2D eigenvalue weighted by Gasteiger charge is -2.25. The molecule has 0 bridgehead atoms. The van der Waals surface area contributed by atoms with Crippen molar-refractivity contribution in [3.05, 3.63) is 30.1 Å². The predicted molar refractivity (Wildman–Crippen MR) is 79.0 cm³/mol. The van der Waals surface area contributed by atoms with Crippen molar-refractivity contribution in [3.63, 3.8) is 0 Å². The molecule has 0 N–H and O–H groups in total. The second-order valence-corrected chi connectivity index (χ2v) is 5.57. The Labute approximate surface area is 131 Å². The van der Waals surface area contributed by atoms with Crippen molar-refractivity contribution in [3.8, 4) is 11.5 Å². The molecule has 8 heteroatoms. The van der Waals surface area contributed by atoms with Crippen LogP contribution in [0.3, 0.4) is 0 Å². The molecular weight excluding hydrogens is 306 g/mol. The number of benzene rings is 1. The van der Waals surface area contributed by atoms with Crippen LogP contribution < -0.4 is 9.47 Å². The number of fused-ring (bicyclic) bond motifs is 1. The van der Waals surface area contributed by atoms with Gasteiger partial charge in [0.05, 0.1) is 12.9 Å². The first kappa shape index (κ1) is 14.7. The molecule has 0 amide bonds. The number of ether oxygens (including phenoxy) is 3. The zero-order valence-corrected chi connectivity index (χ0v) is 13.0. The molecule has 0 radical (unpaired) electrons. The van der Waals surface area contributed by atoms with Crippen molar-refractivity contribution in [1.82, 2.24) is 14.8 Å². The van der Waals surface area contributed by atoms with Crippen LogP contribution >= 0.6 is 11.8 Å². The molecule has 116 valence electrons. The van der Waals surface area contributed by atoms with Crippen LogP contribution in [0.25, 0.3) is 0 Å². The number of nitrogens with zero attached hydrogens (tertiary/aromatic N) is 3. The second-order valence-electron chi connectivity index (χ2n) is 4.63. The van der Waals surface area contributed by atoms with Crippen molar-refractivity contribution in [2.75, 3.05) is 19.5 Å². The molecule has 3 rings (SSSR count). The quantitative estimate of drug-likeness (QED) is 0.625. The van der Waals surface area contributed by atoms with Crippen LogP contribution in [0, 0.1) is 0 Å². The summed E-state index contributed by atoms with van der Waals surface area (Å²) < 4.78 is 18.0. The first-order valence-corrected chi connectivity index (χ1v) is 7.65. The maximum atomic E-state index is 11.2. The summed E-state index contributed by atoms with van der Waals surface area (Å²) in [4.78, 5) is 11.2. The van der Waals surface area contributed by atoms with E-state index in [4.69, 9.17) is 9.47 Å². The molecule has 2 aromatic rings. The third-order valence-electron chi connectivity index (χ3n) is 3.21. The average Bonchev–Trinajstić information content (AvgIpc) is 2.93. The smallest absolute Gasteiger partial charge is 0.316 e. The average molecular weight is 321 g/mol. The van der Waals surface area contributed by atoms with Gasteiger partial charge in [-0.05, 0) is 12.1 Å². The van der Waals surface area contributed by atoms with Gasteiger partial charge in [0, 0.05) is 7.05 Å². The highest BCUT2D eigenvalue weighted by atomic mass is 32.2. The molecule has 22 heavy (non-hydrogen) atoms. The molecule has 7 nitrogen and oxygen atoms in total. The summed E-state index contributed by atoms with van der Waals surface area (Å²) in [6.07, 6.45) is -0.333. The van der Waals surface area contributed by atoms with Crippen molar-refractivity contribution in [2.45, 2.75) is 11.3 Å². The van der Waals surface area contributed by atoms with Gasteiger partial charge >= 0.3 is 5.97 Å². The van der Waals surface area contributed by atoms with E-state index in [9.17, 15) is 4.79 Å². The highest BCUT2D eigenvalue weighted by molar-refractivity contribution is 7.99. The Bertz CT molecular complexity index is 688. The van der Waals surface area contributed by atoms with Gasteiger partial charge in [-0.25, -0.2) is 0 Å². The Morgan fingerprint density at radius 2 is 2.18 bits per heavy atom. The number of aromatic nitrogens is 3. The van der Waals surface area contributed by atoms with E-state index in [2.05, 4.69) is 14.9 Å². The molecular formula is C14H15N3O4S. The summed E-state index contributed by atoms with van der Waals surface area (Å²) in [6.45, 7) is 0.366. The highest BCUT2D eigenvalue weighted by Crippen LogP contribution is 2.35. The van der Waals surface area contributed by atoms with Crippen LogP contribution in [-0.4, -0.2) is 40.2 Å². The summed E-state index contributed by atoms with van der Waals surface area (Å²) in [5.74, 6) is 1.95. The summed E-state index contributed by atoms with van der Waals surface area (Å²) >= 11 is 1.27. The Morgan fingerprint density at radius 3 is 2.95 bits per heavy atom. The third kappa shape index (κ3) is 2.87. The molecule has 1 aromatic heterocycles. The van der Waals surface area contributed by atoms with Crippen molar-refractivity contribution in [2.24, 2.45) is 7.05 Å². The fourth-order valence-corrected chi connectivity index (χ4v) is 2.81. The SMILES string of the molecule is COC(=O)CSc1nnc(C2COc3ccccc3O2)n1C. The molecule has 1 unspecified atom stereocenters. The van der Waals surface area contributed by atoms with Crippen molar-refractivity contribution in [1.29, 1.82) is 0 Å². The van der Waals surface area contributed by atoms with Crippen LogP contribution in [0.2, 0.25) is 0 Å². The van der Waals surface area contributed by atoms with Gasteiger partial charge < -0.3 is 18.8 Å². The summed E-state index contributed by atoms with van der Waals surface area (Å²) in [7, 11) is 3.19. The topological polar surface area (TPSA) is 75.5 Å². The zero-order valence-electron chi connectivity index (χ0n) is 12.2. The third-order valence-corrected chi connectivity index (χ3v) is 4.21. The van der Waals surface area contributed by atoms with Crippen molar-refractivity contribution < 1.29 is 19.0 Å². The van der Waals surface area contributed by atoms with E-state index < -0.39 is 0 Å². The van der Waals surface area contributed by atoms with Gasteiger partial charge in [0.15, 0.2) is 28.6 Å². The molecule has 0 spiro atoms. The van der Waals surface area contributed by atoms with Gasteiger partial charge in [-0.3, -0.25) is 4.79 Å². The van der Waals surface area contributed by atoms with E-state index in [0.29, 0.717) is 23.3 Å². The monoisotopic (exact) mass is 321 g/mol. The minimum Gasteiger partial charge on any atom is -0.485 e. The number of para-hydroxylation sites is 2. The van der Waals surface area contributed by atoms with Crippen LogP contribution in [-0.2, 0) is 16.6 Å². The van der Waals surface area contributed by atoms with E-state index in [-0.39, 0.29) is 17.8 Å². The number of esters is 1. The molecule has 0 aliphatic carbocycles. The van der Waals surface area contributed by atoms with Gasteiger partial charge in [-0.1, -0.05) is 23.9 Å². The number of thioether (sulfide) groups is 1. The predicted octanol–water partition coefficient (Wildman–Crippen LogP) is 1.59. The summed E-state index contributed by atoms with van der Waals surface area (Å²) in [6, 6.07) is 7.50. The van der Waals surface area contributed by atoms with Gasteiger partial charge in [-0.2, -0.15) is 0 Å². The molecule has 1 aliphatic rings. The van der Waals surface area contributed by atoms with E-state index in [1.54, 1.807) is 4.57 Å². The minimum atomic E-state index is -0.333. The van der Waals surface area contributed by atoms with E-state index in [1.807, 2.05) is 31.3 Å². The largest absolute Gasteiger partial charge is 0.485 e. The van der Waals surface area contributed by atoms with Crippen LogP contribution in [0.4, 0.5) is 0 Å². The summed E-state index contributed by atoms with van der Waals surface area (Å²) in [5.41, 5.74) is 0. The lowest BCUT2D eigenvalue weighted by molar-refractivity contribution is -0.137. The molecule has 1 aromatic carbocycles. The van der Waals surface area contributed by atoms with Crippen molar-refractivity contribution >= 4 is 17.7 Å². The standard InChI is InChI=1S/C14H15N3O4S/c1-17-13(15-16-14(17)22-8-12(18)19-2)11-7-20-9-5-3-4-6-10(9)21-11/h3-6,11H,7-8H2,1-2H3. The Kier molecular flexibility index (Phi) is 4.19. The molecule has 0 saturated carbocycles. The lowest BCUT2D eigenvalue weighted by atomic mass is 10.2. The number of methoxy groups -OCH3 is 1. The number of rotatable bonds is 4. The molecule has 1 aliphatic heterocycles. The number of hydrogen-bond donors (Lipinski definition) is 0. The maximum absolute atomic E-state index is 11.2. The first-order chi connectivity index (χ1) is 10.7. The second kappa shape index (κ2) is 6.27. The van der Waals surface area contributed by atoms with Crippen LogP contribution in [0.1, 0.15) is 11.9 Å². The lowest BCUT2D eigenvalue weighted by Crippen LogP contribution is -2.24. The summed E-state index contributed by atoms with van der Waals surface area (Å²) in [5, 5.41) is 8.86. The van der Waals surface area contributed by atoms with E-state index in [0.717, 1.165) is 5.75 Å². The number of carbonyl (C=O) groups excluding carboxylic acids is 1. The molecule has 1 atom stereocenters. The molecule has 2 heterocycles. The Hall–Kier alpha value is -2.22. The van der Waals surface area contributed by atoms with E-state index >= 15 is 0 Å². The minimum absolute atomic E-state index is 0.188. The number of hydrogen-bond acceptors (Lipinski definition) is 7. The Balaban J connectivity index is 1.74. The zero-order chi connectivity index (χ0) is 15.5. The van der Waals surface area contributed by atoms with Gasteiger partial charge in [0.25, 0.3) is 0 Å². The molecule has 0 saturated heterocycles. The molecule has 0 fully saturated rings. The first-order valence-electron chi connectivity index (χ1n) is 6.66. The number of carbonyl (C=O) groups is 1. The van der Waals surface area contributed by atoms with Crippen LogP contribution in [0.5, 0.6) is 11.5 Å². The Morgan fingerprint density at radius 1 is 1.41 bits per heavy atom. The maximum Gasteiger partial charge on any atom is 0.316 e. The fourth-order valence-electron chi connectivity index (χ4n) is 2.06. The fraction of sp³-hybridized carbons (Fsp3) is 0.357. The van der Waals surface area contributed by atoms with Gasteiger partial charge in [0.1, 0.15) is 6.61 Å².